The van der Waals surface area contributed by atoms with E-state index >= 15 is 0 Å². The molecule has 0 fully saturated rings. The molecule has 4 heteroatoms. The topological polar surface area (TPSA) is 50.1 Å². The van der Waals surface area contributed by atoms with Gasteiger partial charge in [-0.1, -0.05) is 12.1 Å². The highest BCUT2D eigenvalue weighted by Crippen LogP contribution is 2.15. The van der Waals surface area contributed by atoms with Gasteiger partial charge in [-0.2, -0.15) is 0 Å². The van der Waals surface area contributed by atoms with Gasteiger partial charge in [0, 0.05) is 12.6 Å². The third-order valence-electron chi connectivity index (χ3n) is 2.93. The Kier molecular flexibility index (Phi) is 3.76. The fourth-order valence-corrected chi connectivity index (χ4v) is 1.94. The SMILES string of the molecule is CCn1c(CN[C@H](C)CO)nc2ccccc21. The first-order valence-electron chi connectivity index (χ1n) is 6.04. The van der Waals surface area contributed by atoms with Crippen molar-refractivity contribution in [3.8, 4) is 0 Å². The van der Waals surface area contributed by atoms with Crippen molar-refractivity contribution >= 4 is 11.0 Å². The van der Waals surface area contributed by atoms with Crippen molar-refractivity contribution in [3.05, 3.63) is 30.1 Å². The van der Waals surface area contributed by atoms with Gasteiger partial charge >= 0.3 is 0 Å². The number of aromatic nitrogens is 2. The Bertz CT molecular complexity index is 492. The van der Waals surface area contributed by atoms with Crippen LogP contribution in [-0.2, 0) is 13.1 Å². The number of para-hydroxylation sites is 2. The van der Waals surface area contributed by atoms with Gasteiger partial charge in [0.2, 0.25) is 0 Å². The molecule has 2 rings (SSSR count). The predicted molar refractivity (Wildman–Crippen MR) is 68.8 cm³/mol. The van der Waals surface area contributed by atoms with Gasteiger partial charge < -0.3 is 15.0 Å². The molecule has 0 spiro atoms. The first-order chi connectivity index (χ1) is 8.26. The molecular formula is C13H19N3O. The average Bonchev–Trinajstić information content (AvgIpc) is 2.73. The quantitative estimate of drug-likeness (QED) is 0.823. The monoisotopic (exact) mass is 233 g/mol. The number of imidazole rings is 1. The summed E-state index contributed by atoms with van der Waals surface area (Å²) >= 11 is 0. The number of aryl methyl sites for hydroxylation is 1. The summed E-state index contributed by atoms with van der Waals surface area (Å²) < 4.78 is 2.20. The minimum Gasteiger partial charge on any atom is -0.395 e. The first kappa shape index (κ1) is 12.1. The second-order valence-electron chi connectivity index (χ2n) is 4.23. The van der Waals surface area contributed by atoms with Crippen LogP contribution >= 0.6 is 0 Å². The van der Waals surface area contributed by atoms with Crippen molar-refractivity contribution in [1.82, 2.24) is 14.9 Å². The van der Waals surface area contributed by atoms with Crippen molar-refractivity contribution in [2.45, 2.75) is 33.0 Å². The van der Waals surface area contributed by atoms with Crippen molar-refractivity contribution in [3.63, 3.8) is 0 Å². The van der Waals surface area contributed by atoms with E-state index in [9.17, 15) is 0 Å². The van der Waals surface area contributed by atoms with Gasteiger partial charge in [-0.3, -0.25) is 0 Å². The lowest BCUT2D eigenvalue weighted by molar-refractivity contribution is 0.250. The molecule has 0 aliphatic carbocycles. The fourth-order valence-electron chi connectivity index (χ4n) is 1.94. The van der Waals surface area contributed by atoms with Crippen molar-refractivity contribution in [2.75, 3.05) is 6.61 Å². The number of aliphatic hydroxyl groups is 1. The summed E-state index contributed by atoms with van der Waals surface area (Å²) in [4.78, 5) is 4.61. The number of aliphatic hydroxyl groups excluding tert-OH is 1. The van der Waals surface area contributed by atoms with E-state index in [1.165, 1.54) is 5.52 Å². The van der Waals surface area contributed by atoms with E-state index in [2.05, 4.69) is 27.9 Å². The molecule has 1 atom stereocenters. The second kappa shape index (κ2) is 5.29. The van der Waals surface area contributed by atoms with E-state index in [1.807, 2.05) is 25.1 Å². The van der Waals surface area contributed by atoms with Crippen LogP contribution in [0.5, 0.6) is 0 Å². The molecule has 1 aromatic heterocycles. The highest BCUT2D eigenvalue weighted by atomic mass is 16.3. The van der Waals surface area contributed by atoms with Crippen LogP contribution < -0.4 is 5.32 Å². The van der Waals surface area contributed by atoms with Crippen LogP contribution in [0.15, 0.2) is 24.3 Å². The zero-order valence-corrected chi connectivity index (χ0v) is 10.3. The van der Waals surface area contributed by atoms with Crippen LogP contribution in [0.4, 0.5) is 0 Å². The largest absolute Gasteiger partial charge is 0.395 e. The minimum atomic E-state index is 0.0973. The maximum atomic E-state index is 8.99. The van der Waals surface area contributed by atoms with E-state index in [0.717, 1.165) is 17.9 Å². The Morgan fingerprint density at radius 3 is 2.88 bits per heavy atom. The Hall–Kier alpha value is -1.39. The molecular weight excluding hydrogens is 214 g/mol. The molecule has 0 radical (unpaired) electrons. The summed E-state index contributed by atoms with van der Waals surface area (Å²) in [5, 5.41) is 12.2. The maximum absolute atomic E-state index is 8.99. The summed E-state index contributed by atoms with van der Waals surface area (Å²) in [6.45, 7) is 5.81. The van der Waals surface area contributed by atoms with E-state index in [0.29, 0.717) is 6.54 Å². The Morgan fingerprint density at radius 1 is 1.41 bits per heavy atom. The summed E-state index contributed by atoms with van der Waals surface area (Å²) in [5.41, 5.74) is 2.20. The predicted octanol–water partition coefficient (Wildman–Crippen LogP) is 1.53. The maximum Gasteiger partial charge on any atom is 0.123 e. The van der Waals surface area contributed by atoms with Gasteiger partial charge in [0.25, 0.3) is 0 Å². The molecule has 0 saturated carbocycles. The van der Waals surface area contributed by atoms with Gasteiger partial charge in [0.05, 0.1) is 24.2 Å². The minimum absolute atomic E-state index is 0.0973. The molecule has 0 aliphatic rings. The van der Waals surface area contributed by atoms with Gasteiger partial charge in [-0.25, -0.2) is 4.98 Å². The van der Waals surface area contributed by atoms with Crippen LogP contribution in [0.2, 0.25) is 0 Å². The van der Waals surface area contributed by atoms with E-state index in [1.54, 1.807) is 0 Å². The number of nitrogens with one attached hydrogen (secondary N) is 1. The first-order valence-corrected chi connectivity index (χ1v) is 6.04. The molecule has 92 valence electrons. The molecule has 17 heavy (non-hydrogen) atoms. The number of rotatable bonds is 5. The fraction of sp³-hybridized carbons (Fsp3) is 0.462. The normalized spacial score (nSPS) is 13.1. The summed E-state index contributed by atoms with van der Waals surface area (Å²) in [5.74, 6) is 1.02. The van der Waals surface area contributed by atoms with Gasteiger partial charge in [-0.05, 0) is 26.0 Å². The van der Waals surface area contributed by atoms with E-state index < -0.39 is 0 Å². The molecule has 2 aromatic rings. The lowest BCUT2D eigenvalue weighted by Gasteiger charge is -2.11. The molecule has 0 unspecified atom stereocenters. The number of hydrogen-bond donors (Lipinski definition) is 2. The summed E-state index contributed by atoms with van der Waals surface area (Å²) in [6, 6.07) is 8.25. The zero-order chi connectivity index (χ0) is 12.3. The van der Waals surface area contributed by atoms with Crippen molar-refractivity contribution < 1.29 is 5.11 Å². The number of benzene rings is 1. The van der Waals surface area contributed by atoms with Gasteiger partial charge in [-0.15, -0.1) is 0 Å². The molecule has 4 nitrogen and oxygen atoms in total. The Labute approximate surface area is 101 Å². The van der Waals surface area contributed by atoms with Gasteiger partial charge in [0.1, 0.15) is 5.82 Å². The molecule has 1 aromatic carbocycles. The molecule has 0 saturated heterocycles. The van der Waals surface area contributed by atoms with Crippen LogP contribution in [0.1, 0.15) is 19.7 Å². The number of hydrogen-bond acceptors (Lipinski definition) is 3. The zero-order valence-electron chi connectivity index (χ0n) is 10.3. The molecule has 0 bridgehead atoms. The Morgan fingerprint density at radius 2 is 2.18 bits per heavy atom. The van der Waals surface area contributed by atoms with Crippen LogP contribution in [0.3, 0.4) is 0 Å². The molecule has 0 aliphatic heterocycles. The summed E-state index contributed by atoms with van der Waals surface area (Å²) in [7, 11) is 0. The van der Waals surface area contributed by atoms with Gasteiger partial charge in [0.15, 0.2) is 0 Å². The highest BCUT2D eigenvalue weighted by Gasteiger charge is 2.09. The summed E-state index contributed by atoms with van der Waals surface area (Å²) in [6.07, 6.45) is 0. The molecule has 0 amide bonds. The van der Waals surface area contributed by atoms with E-state index in [4.69, 9.17) is 5.11 Å². The average molecular weight is 233 g/mol. The molecule has 2 N–H and O–H groups in total. The number of fused-ring (bicyclic) bond motifs is 1. The van der Waals surface area contributed by atoms with Crippen LogP contribution in [0, 0.1) is 0 Å². The standard InChI is InChI=1S/C13H19N3O/c1-3-16-12-7-5-4-6-11(12)15-13(16)8-14-10(2)9-17/h4-7,10,14,17H,3,8-9H2,1-2H3/t10-/m1/s1. The number of nitrogens with zero attached hydrogens (tertiary/aromatic N) is 2. The van der Waals surface area contributed by atoms with Crippen molar-refractivity contribution in [1.29, 1.82) is 0 Å². The van der Waals surface area contributed by atoms with Crippen LogP contribution in [0.25, 0.3) is 11.0 Å². The Balaban J connectivity index is 2.27. The third kappa shape index (κ3) is 2.48. The third-order valence-corrected chi connectivity index (χ3v) is 2.93. The lowest BCUT2D eigenvalue weighted by atomic mass is 10.3. The van der Waals surface area contributed by atoms with E-state index in [-0.39, 0.29) is 12.6 Å². The highest BCUT2D eigenvalue weighted by molar-refractivity contribution is 5.75. The second-order valence-corrected chi connectivity index (χ2v) is 4.23. The lowest BCUT2D eigenvalue weighted by Crippen LogP contribution is -2.29. The van der Waals surface area contributed by atoms with Crippen molar-refractivity contribution in [2.24, 2.45) is 0 Å². The van der Waals surface area contributed by atoms with Crippen LogP contribution in [-0.4, -0.2) is 27.3 Å². The smallest absolute Gasteiger partial charge is 0.123 e. The molecule has 1 heterocycles.